The number of nitrogens with zero attached hydrogens (tertiary/aromatic N) is 1. The molecule has 2 aromatic rings. The minimum atomic E-state index is 0.688. The molecule has 0 fully saturated rings. The fourth-order valence-corrected chi connectivity index (χ4v) is 1.53. The van der Waals surface area contributed by atoms with Crippen LogP contribution in [0.2, 0.25) is 0 Å². The van der Waals surface area contributed by atoms with Crippen LogP contribution in [0.5, 0.6) is 5.75 Å². The number of hydrogen-bond donors (Lipinski definition) is 1. The molecule has 0 amide bonds. The van der Waals surface area contributed by atoms with Crippen molar-refractivity contribution in [3.05, 3.63) is 47.9 Å². The summed E-state index contributed by atoms with van der Waals surface area (Å²) in [5.74, 6) is 1.75. The highest BCUT2D eigenvalue weighted by Gasteiger charge is 1.97. The molecule has 0 aliphatic rings. The topological polar surface area (TPSA) is 47.3 Å². The van der Waals surface area contributed by atoms with Crippen molar-refractivity contribution in [2.75, 3.05) is 6.61 Å². The fourth-order valence-electron chi connectivity index (χ4n) is 1.53. The Kier molecular flexibility index (Phi) is 4.16. The Hall–Kier alpha value is -1.81. The molecule has 0 saturated heterocycles. The number of hydrogen-bond acceptors (Lipinski definition) is 4. The summed E-state index contributed by atoms with van der Waals surface area (Å²) in [5.41, 5.74) is 1.22. The molecule has 0 radical (unpaired) electrons. The van der Waals surface area contributed by atoms with E-state index in [2.05, 4.69) is 22.6 Å². The van der Waals surface area contributed by atoms with Gasteiger partial charge in [0.1, 0.15) is 11.5 Å². The summed E-state index contributed by atoms with van der Waals surface area (Å²) < 4.78 is 10.4. The van der Waals surface area contributed by atoms with Crippen molar-refractivity contribution in [3.63, 3.8) is 0 Å². The Balaban J connectivity index is 1.79. The Morgan fingerprint density at radius 1 is 1.18 bits per heavy atom. The van der Waals surface area contributed by atoms with Crippen molar-refractivity contribution in [3.8, 4) is 5.75 Å². The molecule has 2 rings (SSSR count). The average Bonchev–Trinajstić information content (AvgIpc) is 2.85. The molecule has 1 N–H and O–H groups in total. The van der Waals surface area contributed by atoms with Gasteiger partial charge < -0.3 is 14.6 Å². The zero-order valence-corrected chi connectivity index (χ0v) is 9.85. The van der Waals surface area contributed by atoms with Gasteiger partial charge in [-0.15, -0.1) is 0 Å². The lowest BCUT2D eigenvalue weighted by Crippen LogP contribution is -2.12. The monoisotopic (exact) mass is 232 g/mol. The maximum Gasteiger partial charge on any atom is 0.150 e. The third-order valence-corrected chi connectivity index (χ3v) is 2.35. The smallest absolute Gasteiger partial charge is 0.150 e. The largest absolute Gasteiger partial charge is 0.494 e. The summed E-state index contributed by atoms with van der Waals surface area (Å²) in [6.07, 6.45) is 1.65. The zero-order chi connectivity index (χ0) is 11.9. The highest BCUT2D eigenvalue weighted by molar-refractivity contribution is 5.27. The van der Waals surface area contributed by atoms with Crippen LogP contribution in [-0.2, 0) is 13.1 Å². The van der Waals surface area contributed by atoms with Gasteiger partial charge in [-0.05, 0) is 24.6 Å². The van der Waals surface area contributed by atoms with Crippen LogP contribution < -0.4 is 10.1 Å². The fraction of sp³-hybridized carbons (Fsp3) is 0.308. The average molecular weight is 232 g/mol. The first-order valence-electron chi connectivity index (χ1n) is 5.70. The van der Waals surface area contributed by atoms with Gasteiger partial charge in [0.05, 0.1) is 19.3 Å². The van der Waals surface area contributed by atoms with Gasteiger partial charge in [-0.2, -0.15) is 0 Å². The van der Waals surface area contributed by atoms with Crippen molar-refractivity contribution in [2.45, 2.75) is 20.0 Å². The molecule has 0 atom stereocenters. The van der Waals surface area contributed by atoms with Crippen molar-refractivity contribution in [2.24, 2.45) is 0 Å². The molecule has 0 unspecified atom stereocenters. The van der Waals surface area contributed by atoms with E-state index >= 15 is 0 Å². The summed E-state index contributed by atoms with van der Waals surface area (Å²) in [6.45, 7) is 4.16. The normalized spacial score (nSPS) is 10.4. The van der Waals surface area contributed by atoms with Crippen LogP contribution in [0.3, 0.4) is 0 Å². The summed E-state index contributed by atoms with van der Waals surface area (Å²) in [5, 5.41) is 6.93. The molecule has 0 aliphatic heterocycles. The standard InChI is InChI=1S/C13H16N2O2/c1-2-16-12-5-3-11(4-6-12)9-14-10-13-7-8-15-17-13/h3-8,14H,2,9-10H2,1H3. The SMILES string of the molecule is CCOc1ccc(CNCc2ccno2)cc1. The minimum absolute atomic E-state index is 0.688. The molecular weight excluding hydrogens is 216 g/mol. The molecule has 4 heteroatoms. The predicted molar refractivity (Wildman–Crippen MR) is 64.7 cm³/mol. The van der Waals surface area contributed by atoms with E-state index in [1.54, 1.807) is 6.20 Å². The second-order valence-corrected chi connectivity index (χ2v) is 3.66. The number of aromatic nitrogens is 1. The molecule has 4 nitrogen and oxygen atoms in total. The van der Waals surface area contributed by atoms with E-state index < -0.39 is 0 Å². The van der Waals surface area contributed by atoms with Gasteiger partial charge in [-0.1, -0.05) is 17.3 Å². The van der Waals surface area contributed by atoms with E-state index in [1.807, 2.05) is 25.1 Å². The van der Waals surface area contributed by atoms with Crippen molar-refractivity contribution >= 4 is 0 Å². The molecule has 0 saturated carbocycles. The first-order valence-corrected chi connectivity index (χ1v) is 5.70. The van der Waals surface area contributed by atoms with Crippen LogP contribution in [-0.4, -0.2) is 11.8 Å². The summed E-state index contributed by atoms with van der Waals surface area (Å²) in [6, 6.07) is 9.92. The van der Waals surface area contributed by atoms with Gasteiger partial charge in [0.15, 0.2) is 0 Å². The Morgan fingerprint density at radius 2 is 2.00 bits per heavy atom. The third kappa shape index (κ3) is 3.60. The summed E-state index contributed by atoms with van der Waals surface area (Å²) in [7, 11) is 0. The second-order valence-electron chi connectivity index (χ2n) is 3.66. The first-order chi connectivity index (χ1) is 8.38. The molecule has 1 aromatic heterocycles. The van der Waals surface area contributed by atoms with E-state index in [0.29, 0.717) is 13.2 Å². The second kappa shape index (κ2) is 6.06. The number of rotatable bonds is 6. The molecule has 17 heavy (non-hydrogen) atoms. The van der Waals surface area contributed by atoms with Crippen LogP contribution in [0.4, 0.5) is 0 Å². The maximum atomic E-state index is 5.38. The highest BCUT2D eigenvalue weighted by atomic mass is 16.5. The lowest BCUT2D eigenvalue weighted by molar-refractivity contribution is 0.340. The van der Waals surface area contributed by atoms with Crippen LogP contribution >= 0.6 is 0 Å². The molecule has 0 aliphatic carbocycles. The van der Waals surface area contributed by atoms with E-state index in [1.165, 1.54) is 5.56 Å². The quantitative estimate of drug-likeness (QED) is 0.830. The zero-order valence-electron chi connectivity index (χ0n) is 9.85. The lowest BCUT2D eigenvalue weighted by Gasteiger charge is -2.05. The van der Waals surface area contributed by atoms with Crippen molar-refractivity contribution in [1.82, 2.24) is 10.5 Å². The molecule has 90 valence electrons. The van der Waals surface area contributed by atoms with Crippen molar-refractivity contribution < 1.29 is 9.26 Å². The van der Waals surface area contributed by atoms with Gasteiger partial charge in [0.2, 0.25) is 0 Å². The molecule has 0 spiro atoms. The molecule has 0 bridgehead atoms. The van der Waals surface area contributed by atoms with Gasteiger partial charge in [0.25, 0.3) is 0 Å². The molecular formula is C13H16N2O2. The van der Waals surface area contributed by atoms with Crippen LogP contribution in [0.1, 0.15) is 18.2 Å². The van der Waals surface area contributed by atoms with E-state index in [4.69, 9.17) is 9.26 Å². The Morgan fingerprint density at radius 3 is 2.65 bits per heavy atom. The third-order valence-electron chi connectivity index (χ3n) is 2.35. The van der Waals surface area contributed by atoms with Gasteiger partial charge in [0, 0.05) is 12.6 Å². The summed E-state index contributed by atoms with van der Waals surface area (Å²) >= 11 is 0. The highest BCUT2D eigenvalue weighted by Crippen LogP contribution is 2.11. The van der Waals surface area contributed by atoms with E-state index in [0.717, 1.165) is 18.1 Å². The van der Waals surface area contributed by atoms with Gasteiger partial charge in [-0.3, -0.25) is 0 Å². The molecule has 1 heterocycles. The van der Waals surface area contributed by atoms with Gasteiger partial charge in [-0.25, -0.2) is 0 Å². The number of nitrogens with one attached hydrogen (secondary N) is 1. The minimum Gasteiger partial charge on any atom is -0.494 e. The van der Waals surface area contributed by atoms with Crippen LogP contribution in [0.25, 0.3) is 0 Å². The van der Waals surface area contributed by atoms with Crippen LogP contribution in [0.15, 0.2) is 41.1 Å². The lowest BCUT2D eigenvalue weighted by atomic mass is 10.2. The Labute approximate surface area is 101 Å². The van der Waals surface area contributed by atoms with E-state index in [-0.39, 0.29) is 0 Å². The number of ether oxygens (including phenoxy) is 1. The van der Waals surface area contributed by atoms with E-state index in [9.17, 15) is 0 Å². The first kappa shape index (κ1) is 11.7. The summed E-state index contributed by atoms with van der Waals surface area (Å²) in [4.78, 5) is 0. The van der Waals surface area contributed by atoms with Gasteiger partial charge >= 0.3 is 0 Å². The predicted octanol–water partition coefficient (Wildman–Crippen LogP) is 2.36. The number of benzene rings is 1. The van der Waals surface area contributed by atoms with Crippen molar-refractivity contribution in [1.29, 1.82) is 0 Å². The van der Waals surface area contributed by atoms with Crippen LogP contribution in [0, 0.1) is 0 Å². The maximum absolute atomic E-state index is 5.38. The Bertz CT molecular complexity index is 423. The molecule has 1 aromatic carbocycles.